The van der Waals surface area contributed by atoms with Crippen LogP contribution in [0.4, 0.5) is 0 Å². The number of phenols is 1. The van der Waals surface area contributed by atoms with Crippen LogP contribution in [0.15, 0.2) is 59.6 Å². The van der Waals surface area contributed by atoms with Gasteiger partial charge < -0.3 is 107 Å². The van der Waals surface area contributed by atoms with E-state index in [4.69, 9.17) is 38.6 Å². The van der Waals surface area contributed by atoms with Crippen molar-refractivity contribution in [1.82, 2.24) is 63.4 Å². The van der Waals surface area contributed by atoms with E-state index in [1.807, 2.05) is 13.8 Å². The summed E-state index contributed by atoms with van der Waals surface area (Å²) in [4.78, 5) is 201. The Hall–Kier alpha value is -10.5. The number of carbonyl (C=O) groups excluding carboxylic acids is 14. The number of nitrogens with two attached hydrogens (primary N) is 5. The Kier molecular flexibility index (Phi) is 37.3. The van der Waals surface area contributed by atoms with E-state index in [0.717, 1.165) is 6.92 Å². The number of carboxylic acid groups (broad SMARTS) is 1. The highest BCUT2D eigenvalue weighted by molar-refractivity contribution is 5.99. The molecule has 1 aliphatic rings. The number of carboxylic acids is 1. The molecule has 0 saturated carbocycles. The van der Waals surface area contributed by atoms with Crippen LogP contribution in [0.25, 0.3) is 0 Å². The van der Waals surface area contributed by atoms with Gasteiger partial charge in [-0.25, -0.2) is 0 Å². The van der Waals surface area contributed by atoms with Crippen molar-refractivity contribution in [2.45, 2.75) is 173 Å². The topological polar surface area (TPSA) is 595 Å². The summed E-state index contributed by atoms with van der Waals surface area (Å²) >= 11 is 0. The number of aliphatic hydroxyl groups excluding tert-OH is 1. The van der Waals surface area contributed by atoms with E-state index in [2.05, 4.69) is 63.5 Å². The van der Waals surface area contributed by atoms with Crippen molar-refractivity contribution in [3.8, 4) is 5.75 Å². The first-order chi connectivity index (χ1) is 46.5. The minimum atomic E-state index is -1.60. The Morgan fingerprint density at radius 1 is 0.545 bits per heavy atom. The van der Waals surface area contributed by atoms with Crippen molar-refractivity contribution in [2.24, 2.45) is 45.5 Å². The van der Waals surface area contributed by atoms with E-state index in [9.17, 15) is 77.3 Å². The fourth-order valence-corrected chi connectivity index (χ4v) is 9.75. The zero-order valence-corrected chi connectivity index (χ0v) is 56.7. The monoisotopic (exact) mass is 1390 g/mol. The molecule has 2 aromatic rings. The van der Waals surface area contributed by atoms with Crippen LogP contribution in [0.2, 0.25) is 0 Å². The van der Waals surface area contributed by atoms with E-state index in [-0.39, 0.29) is 81.6 Å². The van der Waals surface area contributed by atoms with Gasteiger partial charge >= 0.3 is 0 Å². The van der Waals surface area contributed by atoms with Gasteiger partial charge in [0.2, 0.25) is 82.7 Å². The third-order valence-electron chi connectivity index (χ3n) is 14.6. The van der Waals surface area contributed by atoms with Gasteiger partial charge in [0.05, 0.1) is 32.3 Å². The molecule has 0 bridgehead atoms. The molecule has 36 nitrogen and oxygen atoms in total. The molecule has 3 rings (SSSR count). The molecule has 0 aromatic heterocycles. The number of likely N-dealkylation sites (tertiary alicyclic amines) is 1. The second-order valence-electron chi connectivity index (χ2n) is 24.3. The first kappa shape index (κ1) is 84.6. The number of rotatable bonds is 40. The van der Waals surface area contributed by atoms with Gasteiger partial charge in [0.25, 0.3) is 5.97 Å². The van der Waals surface area contributed by atoms with Gasteiger partial charge in [-0.05, 0) is 93.9 Å². The summed E-state index contributed by atoms with van der Waals surface area (Å²) < 4.78 is 0. The average molecular weight is 1400 g/mol. The standard InChI is InChI=1S/C61H94N18O16.C2H4O2/c1-32(2)24-41(51(64)86)72-49(84)29-68-53(88)43(26-36-12-8-7-9-13-36)73-50(85)30-69-54(89)44(27-37-16-18-38(81)19-17-37)77-58(93)42(25-33(3)4)76-56(91)39(14-10-22-67-61(65)66)75-57(92)40(20-21-47(63)82)74-52(87)35(6)71-48(83)28-70-55(90)45(31-80)78-59(94)46-15-11-23-79(46)60(95)34(5)62;1-2(3)4/h7-9,12-13,16-19,32-35,39-46,80-81H,10-11,14-15,20-31,62H2,1-6H3,(H2,63,82)(H2,64,86)(H,68,88)(H,69,89)(H,70,90)(H,71,83)(H,72,84)(H,73,85)(H,74,87)(H,75,92)(H,76,91)(H,77,93)(H,78,94)(H4,65,66,67);1H3,(H,3,4)/t34-,35-,39-,40-,41-,42-,43-,44-,45-,46-;/m0./s1. The minimum Gasteiger partial charge on any atom is -0.508 e. The van der Waals surface area contributed by atoms with Crippen LogP contribution < -0.4 is 87.2 Å². The van der Waals surface area contributed by atoms with Crippen molar-refractivity contribution in [3.05, 3.63) is 65.7 Å². The van der Waals surface area contributed by atoms with Gasteiger partial charge in [-0.2, -0.15) is 0 Å². The number of nitrogens with one attached hydrogen (secondary N) is 11. The second kappa shape index (κ2) is 43.6. The number of aliphatic imine (C=N–C) groups is 1. The van der Waals surface area contributed by atoms with Crippen LogP contribution in [0, 0.1) is 11.8 Å². The van der Waals surface area contributed by atoms with Crippen LogP contribution in [0.5, 0.6) is 5.75 Å². The van der Waals surface area contributed by atoms with Gasteiger partial charge in [0.15, 0.2) is 5.96 Å². The Labute approximate surface area is 572 Å². The molecule has 1 saturated heterocycles. The Morgan fingerprint density at radius 2 is 0.990 bits per heavy atom. The molecule has 2 aromatic carbocycles. The maximum Gasteiger partial charge on any atom is 0.300 e. The van der Waals surface area contributed by atoms with Gasteiger partial charge in [-0.3, -0.25) is 76.9 Å². The first-order valence-electron chi connectivity index (χ1n) is 32.1. The minimum absolute atomic E-state index is 0.000101. The first-order valence-corrected chi connectivity index (χ1v) is 32.1. The van der Waals surface area contributed by atoms with E-state index >= 15 is 0 Å². The molecule has 0 spiro atoms. The number of aromatic hydroxyl groups is 1. The number of phenolic OH excluding ortho intramolecular Hbond substituents is 1. The quantitative estimate of drug-likeness (QED) is 0.0168. The van der Waals surface area contributed by atoms with E-state index in [1.165, 1.54) is 43.0 Å². The van der Waals surface area contributed by atoms with Crippen LogP contribution in [0.3, 0.4) is 0 Å². The van der Waals surface area contributed by atoms with Gasteiger partial charge in [-0.15, -0.1) is 0 Å². The maximum absolute atomic E-state index is 14.5. The Morgan fingerprint density at radius 3 is 1.48 bits per heavy atom. The molecule has 548 valence electrons. The lowest BCUT2D eigenvalue weighted by Crippen LogP contribution is -2.59. The molecule has 36 heteroatoms. The van der Waals surface area contributed by atoms with Crippen molar-refractivity contribution in [2.75, 3.05) is 39.3 Å². The molecule has 99 heavy (non-hydrogen) atoms. The van der Waals surface area contributed by atoms with Gasteiger partial charge in [0.1, 0.15) is 60.1 Å². The highest BCUT2D eigenvalue weighted by Crippen LogP contribution is 2.19. The molecule has 24 N–H and O–H groups in total. The molecule has 1 heterocycles. The third-order valence-corrected chi connectivity index (χ3v) is 14.6. The van der Waals surface area contributed by atoms with E-state index in [0.29, 0.717) is 17.5 Å². The highest BCUT2D eigenvalue weighted by atomic mass is 16.4. The summed E-state index contributed by atoms with van der Waals surface area (Å²) in [6, 6.07) is 1.05. The Bertz CT molecular complexity index is 3130. The fraction of sp³-hybridized carbons (Fsp3) is 0.556. The number of nitrogens with zero attached hydrogens (tertiary/aromatic N) is 2. The summed E-state index contributed by atoms with van der Waals surface area (Å²) in [6.07, 6.45) is -0.374. The predicted octanol–water partition coefficient (Wildman–Crippen LogP) is -6.26. The number of hydrogen-bond acceptors (Lipinski definition) is 19. The molecule has 10 atom stereocenters. The van der Waals surface area contributed by atoms with Crippen molar-refractivity contribution < 1.29 is 87.2 Å². The molecular formula is C63H98N18O18. The molecule has 1 fully saturated rings. The summed E-state index contributed by atoms with van der Waals surface area (Å²) in [6.45, 7) is 8.12. The SMILES string of the molecule is CC(=O)O.CC(C)C[C@H](NC(=O)CNC(=O)[C@H](Cc1ccccc1)NC(=O)CNC(=O)[C@H](Cc1ccc(O)cc1)NC(=O)[C@H](CC(C)C)NC(=O)[C@H](CCCN=C(N)N)NC(=O)[C@H](CCC(N)=O)NC(=O)[C@H](C)NC(=O)CNC(=O)[C@H](CO)NC(=O)[C@@H]1CCCN1C(=O)[C@H](C)N)C(N)=O. The third kappa shape index (κ3) is 33.3. The molecular weight excluding hydrogens is 1300 g/mol. The molecule has 1 aliphatic heterocycles. The zero-order valence-electron chi connectivity index (χ0n) is 56.7. The number of guanidine groups is 1. The summed E-state index contributed by atoms with van der Waals surface area (Å²) in [7, 11) is 0. The largest absolute Gasteiger partial charge is 0.508 e. The molecule has 0 radical (unpaired) electrons. The number of amides is 14. The maximum atomic E-state index is 14.5. The van der Waals surface area contributed by atoms with Crippen molar-refractivity contribution in [1.29, 1.82) is 0 Å². The lowest BCUT2D eigenvalue weighted by molar-refractivity contribution is -0.140. The fourth-order valence-electron chi connectivity index (χ4n) is 9.75. The van der Waals surface area contributed by atoms with E-state index < -0.39 is 188 Å². The van der Waals surface area contributed by atoms with Crippen molar-refractivity contribution >= 4 is 94.6 Å². The highest BCUT2D eigenvalue weighted by Gasteiger charge is 2.38. The summed E-state index contributed by atoms with van der Waals surface area (Å²) in [5.74, 6) is -13.5. The lowest BCUT2D eigenvalue weighted by Gasteiger charge is -2.27. The van der Waals surface area contributed by atoms with Gasteiger partial charge in [-0.1, -0.05) is 70.2 Å². The van der Waals surface area contributed by atoms with Crippen LogP contribution in [-0.2, 0) is 84.8 Å². The van der Waals surface area contributed by atoms with Crippen molar-refractivity contribution in [3.63, 3.8) is 0 Å². The second-order valence-corrected chi connectivity index (χ2v) is 24.3. The smallest absolute Gasteiger partial charge is 0.300 e. The number of aliphatic carboxylic acids is 1. The number of carbonyl (C=O) groups is 15. The molecule has 0 unspecified atom stereocenters. The number of aliphatic hydroxyl groups is 1. The number of hydrogen-bond donors (Lipinski definition) is 19. The number of primary amides is 2. The van der Waals surface area contributed by atoms with Gasteiger partial charge in [0, 0.05) is 39.3 Å². The lowest BCUT2D eigenvalue weighted by atomic mass is 10.00. The summed E-state index contributed by atoms with van der Waals surface area (Å²) in [5, 5.41) is 54.5. The normalized spacial score (nSPS) is 15.1. The van der Waals surface area contributed by atoms with Crippen LogP contribution in [0.1, 0.15) is 111 Å². The Balaban J connectivity index is 0.00000809. The number of benzene rings is 2. The van der Waals surface area contributed by atoms with E-state index in [1.54, 1.807) is 44.2 Å². The molecule has 0 aliphatic carbocycles. The summed E-state index contributed by atoms with van der Waals surface area (Å²) in [5.41, 5.74) is 28.7. The van der Waals surface area contributed by atoms with Crippen LogP contribution >= 0.6 is 0 Å². The average Bonchev–Trinajstić information content (AvgIpc) is 1.82. The predicted molar refractivity (Wildman–Crippen MR) is 357 cm³/mol. The molecule has 14 amide bonds. The zero-order chi connectivity index (χ0) is 74.6. The van der Waals surface area contributed by atoms with Crippen LogP contribution in [-0.4, -0.2) is 215 Å².